The van der Waals surface area contributed by atoms with Crippen molar-refractivity contribution in [3.63, 3.8) is 0 Å². The predicted molar refractivity (Wildman–Crippen MR) is 69.1 cm³/mol. The third-order valence-electron chi connectivity index (χ3n) is 2.62. The molecule has 6 nitrogen and oxygen atoms in total. The summed E-state index contributed by atoms with van der Waals surface area (Å²) < 4.78 is 19.5. The number of carbonyl (C=O) groups is 1. The predicted octanol–water partition coefficient (Wildman–Crippen LogP) is 1.51. The summed E-state index contributed by atoms with van der Waals surface area (Å²) in [6.45, 7) is 2.11. The summed E-state index contributed by atoms with van der Waals surface area (Å²) in [5.41, 5.74) is 0.405. The Labute approximate surface area is 115 Å². The molecule has 0 amide bonds. The van der Waals surface area contributed by atoms with Crippen molar-refractivity contribution in [3.8, 4) is 11.5 Å². The van der Waals surface area contributed by atoms with E-state index in [0.29, 0.717) is 30.4 Å². The van der Waals surface area contributed by atoms with E-state index in [1.807, 2.05) is 0 Å². The van der Waals surface area contributed by atoms with Crippen LogP contribution in [0.5, 0.6) is 0 Å². The fourth-order valence-electron chi connectivity index (χ4n) is 1.74. The lowest BCUT2D eigenvalue weighted by Crippen LogP contribution is -2.06. The molecular formula is C13H15FN4O2. The van der Waals surface area contributed by atoms with Crippen molar-refractivity contribution in [2.24, 2.45) is 7.05 Å². The fraction of sp³-hybridized carbons (Fsp3) is 0.385. The zero-order valence-electron chi connectivity index (χ0n) is 11.3. The number of esters is 1. The normalized spacial score (nSPS) is 10.6. The maximum absolute atomic E-state index is 13.2. The van der Waals surface area contributed by atoms with Gasteiger partial charge in [0.1, 0.15) is 11.5 Å². The number of pyridine rings is 1. The van der Waals surface area contributed by atoms with Crippen LogP contribution >= 0.6 is 0 Å². The first-order valence-electron chi connectivity index (χ1n) is 6.27. The Morgan fingerprint density at radius 1 is 1.50 bits per heavy atom. The van der Waals surface area contributed by atoms with Crippen molar-refractivity contribution in [1.82, 2.24) is 19.7 Å². The second-order valence-corrected chi connectivity index (χ2v) is 4.14. The van der Waals surface area contributed by atoms with Gasteiger partial charge in [0, 0.05) is 25.7 Å². The van der Waals surface area contributed by atoms with Crippen LogP contribution in [-0.4, -0.2) is 32.3 Å². The molecule has 0 bridgehead atoms. The molecule has 2 rings (SSSR count). The summed E-state index contributed by atoms with van der Waals surface area (Å²) in [5, 5.41) is 4.18. The summed E-state index contributed by atoms with van der Waals surface area (Å²) in [7, 11) is 1.70. The molecule has 20 heavy (non-hydrogen) atoms. The first-order chi connectivity index (χ1) is 9.60. The van der Waals surface area contributed by atoms with E-state index in [1.165, 1.54) is 23.0 Å². The summed E-state index contributed by atoms with van der Waals surface area (Å²) >= 11 is 0. The second-order valence-electron chi connectivity index (χ2n) is 4.14. The molecule has 0 fully saturated rings. The Balaban J connectivity index is 2.12. The molecule has 0 unspecified atom stereocenters. The van der Waals surface area contributed by atoms with Crippen LogP contribution in [0, 0.1) is 5.82 Å². The number of aryl methyl sites for hydroxylation is 2. The van der Waals surface area contributed by atoms with E-state index in [-0.39, 0.29) is 18.2 Å². The van der Waals surface area contributed by atoms with Crippen LogP contribution in [0.2, 0.25) is 0 Å². The van der Waals surface area contributed by atoms with Crippen LogP contribution in [0.15, 0.2) is 18.3 Å². The molecule has 0 aliphatic heterocycles. The number of hydrogen-bond donors (Lipinski definition) is 0. The van der Waals surface area contributed by atoms with Crippen molar-refractivity contribution in [2.75, 3.05) is 6.61 Å². The van der Waals surface area contributed by atoms with Gasteiger partial charge in [0.05, 0.1) is 13.0 Å². The van der Waals surface area contributed by atoms with Crippen LogP contribution in [0.3, 0.4) is 0 Å². The molecule has 2 heterocycles. The van der Waals surface area contributed by atoms with Gasteiger partial charge in [-0.25, -0.2) is 14.1 Å². The highest BCUT2D eigenvalue weighted by molar-refractivity contribution is 5.69. The number of carbonyl (C=O) groups excluding carboxylic acids is 1. The number of halogens is 1. The third kappa shape index (κ3) is 3.37. The molecule has 2 aromatic rings. The molecule has 0 atom stereocenters. The van der Waals surface area contributed by atoms with E-state index < -0.39 is 0 Å². The molecule has 0 N–H and O–H groups in total. The maximum Gasteiger partial charge on any atom is 0.306 e. The van der Waals surface area contributed by atoms with E-state index in [4.69, 9.17) is 4.74 Å². The zero-order valence-corrected chi connectivity index (χ0v) is 11.3. The SMILES string of the molecule is CCOC(=O)CCc1nc(-c2cc(F)ccn2)n(C)n1. The number of nitrogens with zero attached hydrogens (tertiary/aromatic N) is 4. The smallest absolute Gasteiger partial charge is 0.306 e. The van der Waals surface area contributed by atoms with Crippen LogP contribution in [0.25, 0.3) is 11.5 Å². The minimum absolute atomic E-state index is 0.216. The van der Waals surface area contributed by atoms with Gasteiger partial charge < -0.3 is 4.74 Å². The molecule has 0 aliphatic rings. The van der Waals surface area contributed by atoms with E-state index in [2.05, 4.69) is 15.1 Å². The number of hydrogen-bond acceptors (Lipinski definition) is 5. The topological polar surface area (TPSA) is 69.9 Å². The molecule has 0 radical (unpaired) electrons. The molecule has 0 spiro atoms. The van der Waals surface area contributed by atoms with Gasteiger partial charge in [0.25, 0.3) is 0 Å². The van der Waals surface area contributed by atoms with Crippen molar-refractivity contribution < 1.29 is 13.9 Å². The molecule has 0 aromatic carbocycles. The Morgan fingerprint density at radius 2 is 2.30 bits per heavy atom. The second kappa shape index (κ2) is 6.23. The van der Waals surface area contributed by atoms with Gasteiger partial charge in [-0.1, -0.05) is 0 Å². The lowest BCUT2D eigenvalue weighted by Gasteiger charge is -1.98. The monoisotopic (exact) mass is 278 g/mol. The van der Waals surface area contributed by atoms with Gasteiger partial charge in [0.15, 0.2) is 11.6 Å². The summed E-state index contributed by atoms with van der Waals surface area (Å²) in [5.74, 6) is 0.293. The van der Waals surface area contributed by atoms with Gasteiger partial charge >= 0.3 is 5.97 Å². The van der Waals surface area contributed by atoms with Gasteiger partial charge in [-0.15, -0.1) is 0 Å². The van der Waals surface area contributed by atoms with Crippen molar-refractivity contribution in [1.29, 1.82) is 0 Å². The van der Waals surface area contributed by atoms with Crippen LogP contribution in [-0.2, 0) is 23.0 Å². The molecule has 7 heteroatoms. The summed E-state index contributed by atoms with van der Waals surface area (Å²) in [6, 6.07) is 2.56. The van der Waals surface area contributed by atoms with Crippen molar-refractivity contribution in [3.05, 3.63) is 30.0 Å². The Bertz CT molecular complexity index is 612. The molecule has 106 valence electrons. The lowest BCUT2D eigenvalue weighted by atomic mass is 10.3. The van der Waals surface area contributed by atoms with Crippen molar-refractivity contribution in [2.45, 2.75) is 19.8 Å². The Kier molecular flexibility index (Phi) is 4.39. The summed E-state index contributed by atoms with van der Waals surface area (Å²) in [6.07, 6.45) is 1.97. The standard InChI is InChI=1S/C13H15FN4O2/c1-3-20-12(19)5-4-11-16-13(18(2)17-11)10-8-9(14)6-7-15-10/h6-8H,3-5H2,1-2H3. The quantitative estimate of drug-likeness (QED) is 0.775. The molecule has 2 aromatic heterocycles. The Hall–Kier alpha value is -2.31. The van der Waals surface area contributed by atoms with E-state index in [0.717, 1.165) is 0 Å². The minimum atomic E-state index is -0.383. The Morgan fingerprint density at radius 3 is 3.00 bits per heavy atom. The highest BCUT2D eigenvalue weighted by atomic mass is 19.1. The fourth-order valence-corrected chi connectivity index (χ4v) is 1.74. The highest BCUT2D eigenvalue weighted by Crippen LogP contribution is 2.15. The minimum Gasteiger partial charge on any atom is -0.466 e. The van der Waals surface area contributed by atoms with Gasteiger partial charge in [-0.2, -0.15) is 5.10 Å². The number of rotatable bonds is 5. The first-order valence-corrected chi connectivity index (χ1v) is 6.27. The average Bonchev–Trinajstić information content (AvgIpc) is 2.78. The first kappa shape index (κ1) is 14.1. The maximum atomic E-state index is 13.2. The van der Waals surface area contributed by atoms with Gasteiger partial charge in [-0.3, -0.25) is 9.78 Å². The number of aromatic nitrogens is 4. The summed E-state index contributed by atoms with van der Waals surface area (Å²) in [4.78, 5) is 19.6. The van der Waals surface area contributed by atoms with Crippen LogP contribution < -0.4 is 0 Å². The van der Waals surface area contributed by atoms with Crippen molar-refractivity contribution >= 4 is 5.97 Å². The highest BCUT2D eigenvalue weighted by Gasteiger charge is 2.12. The third-order valence-corrected chi connectivity index (χ3v) is 2.62. The molecule has 0 aliphatic carbocycles. The molecule has 0 saturated heterocycles. The van der Waals surface area contributed by atoms with Gasteiger partial charge in [-0.05, 0) is 13.0 Å². The van der Waals surface area contributed by atoms with E-state index in [9.17, 15) is 9.18 Å². The van der Waals surface area contributed by atoms with Crippen LogP contribution in [0.4, 0.5) is 4.39 Å². The van der Waals surface area contributed by atoms with E-state index in [1.54, 1.807) is 14.0 Å². The van der Waals surface area contributed by atoms with Crippen LogP contribution in [0.1, 0.15) is 19.2 Å². The van der Waals surface area contributed by atoms with Gasteiger partial charge in [0.2, 0.25) is 0 Å². The lowest BCUT2D eigenvalue weighted by molar-refractivity contribution is -0.143. The zero-order chi connectivity index (χ0) is 14.5. The molecular weight excluding hydrogens is 263 g/mol. The van der Waals surface area contributed by atoms with E-state index >= 15 is 0 Å². The average molecular weight is 278 g/mol. The number of ether oxygens (including phenoxy) is 1. The molecule has 0 saturated carbocycles. The largest absolute Gasteiger partial charge is 0.466 e.